The Hall–Kier alpha value is -1.37. The molecule has 0 fully saturated rings. The Morgan fingerprint density at radius 2 is 2.08 bits per heavy atom. The van der Waals surface area contributed by atoms with Crippen LogP contribution in [-0.2, 0) is 0 Å². The van der Waals surface area contributed by atoms with E-state index in [9.17, 15) is 0 Å². The molecule has 66 valence electrons. The Kier molecular flexibility index (Phi) is 2.26. The average Bonchev–Trinajstić information content (AvgIpc) is 2.71. The fraction of sp³-hybridized carbons (Fsp3) is 0.250. The lowest BCUT2D eigenvalue weighted by Gasteiger charge is -2.15. The summed E-state index contributed by atoms with van der Waals surface area (Å²) in [5.74, 6) is 1.08. The fourth-order valence-corrected chi connectivity index (χ4v) is 1.65. The molecule has 1 heteroatoms. The average molecular weight is 171 g/mol. The van der Waals surface area contributed by atoms with Gasteiger partial charge in [-0.3, -0.25) is 4.98 Å². The molecule has 1 aromatic rings. The number of aromatic nitrogens is 1. The van der Waals surface area contributed by atoms with Crippen LogP contribution in [0.3, 0.4) is 0 Å². The van der Waals surface area contributed by atoms with Crippen LogP contribution in [0, 0.1) is 5.92 Å². The summed E-state index contributed by atoms with van der Waals surface area (Å²) in [7, 11) is 0. The second kappa shape index (κ2) is 3.56. The van der Waals surface area contributed by atoms with Crippen molar-refractivity contribution in [3.63, 3.8) is 0 Å². The molecule has 1 nitrogen and oxygen atoms in total. The molecule has 0 aromatic carbocycles. The molecule has 0 bridgehead atoms. The molecular formula is C12H13N. The van der Waals surface area contributed by atoms with Crippen molar-refractivity contribution in [2.24, 2.45) is 5.92 Å². The summed E-state index contributed by atoms with van der Waals surface area (Å²) in [6, 6.07) is 4.13. The smallest absolute Gasteiger partial charge is 0.0302 e. The highest BCUT2D eigenvalue weighted by molar-refractivity contribution is 5.25. The molecule has 0 aliphatic heterocycles. The van der Waals surface area contributed by atoms with Gasteiger partial charge >= 0.3 is 0 Å². The minimum atomic E-state index is 0.531. The van der Waals surface area contributed by atoms with Crippen LogP contribution in [0.1, 0.15) is 18.4 Å². The molecule has 0 radical (unpaired) electrons. The first-order valence-electron chi connectivity index (χ1n) is 4.63. The molecule has 0 N–H and O–H groups in total. The number of hydrogen-bond acceptors (Lipinski definition) is 1. The molecule has 1 unspecified atom stereocenters. The summed E-state index contributed by atoms with van der Waals surface area (Å²) in [4.78, 5) is 4.13. The summed E-state index contributed by atoms with van der Waals surface area (Å²) >= 11 is 0. The van der Waals surface area contributed by atoms with Gasteiger partial charge in [-0.2, -0.15) is 0 Å². The van der Waals surface area contributed by atoms with Gasteiger partial charge in [0.25, 0.3) is 0 Å². The Morgan fingerprint density at radius 1 is 1.31 bits per heavy atom. The SMILES string of the molecule is CC(c1cccnc1)C1C=CC=C1. The third-order valence-electron chi connectivity index (χ3n) is 2.57. The highest BCUT2D eigenvalue weighted by Gasteiger charge is 2.14. The number of hydrogen-bond donors (Lipinski definition) is 0. The lowest BCUT2D eigenvalue weighted by molar-refractivity contribution is 0.651. The van der Waals surface area contributed by atoms with Gasteiger partial charge in [-0.25, -0.2) is 0 Å². The van der Waals surface area contributed by atoms with Crippen molar-refractivity contribution in [3.8, 4) is 0 Å². The first-order chi connectivity index (χ1) is 6.38. The van der Waals surface area contributed by atoms with Crippen LogP contribution in [0.2, 0.25) is 0 Å². The molecule has 1 heterocycles. The van der Waals surface area contributed by atoms with Crippen LogP contribution in [-0.4, -0.2) is 4.98 Å². The maximum absolute atomic E-state index is 4.13. The van der Waals surface area contributed by atoms with Gasteiger partial charge in [0, 0.05) is 18.3 Å². The maximum atomic E-state index is 4.13. The van der Waals surface area contributed by atoms with E-state index >= 15 is 0 Å². The standard InChI is InChI=1S/C12H13N/c1-10(11-5-2-3-6-11)12-7-4-8-13-9-12/h2-11H,1H3. The molecule has 0 spiro atoms. The number of pyridine rings is 1. The molecule has 1 aliphatic carbocycles. The lowest BCUT2D eigenvalue weighted by Crippen LogP contribution is -2.03. The summed E-state index contributed by atoms with van der Waals surface area (Å²) in [5.41, 5.74) is 1.31. The lowest BCUT2D eigenvalue weighted by atomic mass is 9.90. The Morgan fingerprint density at radius 3 is 2.69 bits per heavy atom. The van der Waals surface area contributed by atoms with E-state index in [4.69, 9.17) is 0 Å². The Balaban J connectivity index is 2.18. The molecule has 0 amide bonds. The number of nitrogens with zero attached hydrogens (tertiary/aromatic N) is 1. The highest BCUT2D eigenvalue weighted by atomic mass is 14.6. The van der Waals surface area contributed by atoms with Crippen molar-refractivity contribution in [3.05, 3.63) is 54.4 Å². The molecule has 13 heavy (non-hydrogen) atoms. The topological polar surface area (TPSA) is 12.9 Å². The molecule has 0 saturated carbocycles. The summed E-state index contributed by atoms with van der Waals surface area (Å²) < 4.78 is 0. The van der Waals surface area contributed by atoms with E-state index in [1.807, 2.05) is 18.5 Å². The van der Waals surface area contributed by atoms with Gasteiger partial charge in [0.15, 0.2) is 0 Å². The second-order valence-electron chi connectivity index (χ2n) is 3.42. The molecule has 1 atom stereocenters. The van der Waals surface area contributed by atoms with Crippen molar-refractivity contribution in [1.29, 1.82) is 0 Å². The normalized spacial score (nSPS) is 17.9. The largest absolute Gasteiger partial charge is 0.264 e. The Bertz CT molecular complexity index is 312. The third kappa shape index (κ3) is 1.69. The molecule has 1 aromatic heterocycles. The van der Waals surface area contributed by atoms with Gasteiger partial charge < -0.3 is 0 Å². The molecule has 1 aliphatic rings. The van der Waals surface area contributed by atoms with Gasteiger partial charge in [0.1, 0.15) is 0 Å². The van der Waals surface area contributed by atoms with Crippen molar-refractivity contribution in [2.75, 3.05) is 0 Å². The first-order valence-corrected chi connectivity index (χ1v) is 4.63. The van der Waals surface area contributed by atoms with E-state index in [2.05, 4.69) is 42.3 Å². The fourth-order valence-electron chi connectivity index (χ4n) is 1.65. The zero-order chi connectivity index (χ0) is 9.10. The van der Waals surface area contributed by atoms with E-state index in [0.29, 0.717) is 11.8 Å². The zero-order valence-electron chi connectivity index (χ0n) is 7.72. The van der Waals surface area contributed by atoms with Crippen LogP contribution in [0.15, 0.2) is 48.8 Å². The van der Waals surface area contributed by atoms with E-state index in [-0.39, 0.29) is 0 Å². The number of allylic oxidation sites excluding steroid dienone is 4. The molecule has 0 saturated heterocycles. The molecular weight excluding hydrogens is 158 g/mol. The number of rotatable bonds is 2. The van der Waals surface area contributed by atoms with Gasteiger partial charge in [0.05, 0.1) is 0 Å². The van der Waals surface area contributed by atoms with E-state index < -0.39 is 0 Å². The highest BCUT2D eigenvalue weighted by Crippen LogP contribution is 2.27. The first kappa shape index (κ1) is 8.24. The predicted molar refractivity (Wildman–Crippen MR) is 54.4 cm³/mol. The second-order valence-corrected chi connectivity index (χ2v) is 3.42. The minimum absolute atomic E-state index is 0.531. The van der Waals surface area contributed by atoms with Crippen LogP contribution >= 0.6 is 0 Å². The van der Waals surface area contributed by atoms with Crippen LogP contribution in [0.5, 0.6) is 0 Å². The van der Waals surface area contributed by atoms with E-state index in [1.165, 1.54) is 5.56 Å². The minimum Gasteiger partial charge on any atom is -0.264 e. The van der Waals surface area contributed by atoms with Gasteiger partial charge in [-0.05, 0) is 17.5 Å². The van der Waals surface area contributed by atoms with Crippen molar-refractivity contribution in [2.45, 2.75) is 12.8 Å². The quantitative estimate of drug-likeness (QED) is 0.666. The van der Waals surface area contributed by atoms with Crippen LogP contribution in [0.4, 0.5) is 0 Å². The Labute approximate surface area is 78.8 Å². The van der Waals surface area contributed by atoms with E-state index in [0.717, 1.165) is 0 Å². The van der Waals surface area contributed by atoms with Crippen molar-refractivity contribution in [1.82, 2.24) is 4.98 Å². The molecule has 2 rings (SSSR count). The third-order valence-corrected chi connectivity index (χ3v) is 2.57. The predicted octanol–water partition coefficient (Wildman–Crippen LogP) is 2.93. The van der Waals surface area contributed by atoms with Crippen molar-refractivity contribution < 1.29 is 0 Å². The van der Waals surface area contributed by atoms with Gasteiger partial charge in [-0.15, -0.1) is 0 Å². The summed E-state index contributed by atoms with van der Waals surface area (Å²) in [6.45, 7) is 2.24. The van der Waals surface area contributed by atoms with Gasteiger partial charge in [-0.1, -0.05) is 37.3 Å². The van der Waals surface area contributed by atoms with Crippen LogP contribution < -0.4 is 0 Å². The summed E-state index contributed by atoms with van der Waals surface area (Å²) in [6.07, 6.45) is 12.5. The van der Waals surface area contributed by atoms with E-state index in [1.54, 1.807) is 0 Å². The maximum Gasteiger partial charge on any atom is 0.0302 e. The van der Waals surface area contributed by atoms with Crippen LogP contribution in [0.25, 0.3) is 0 Å². The zero-order valence-corrected chi connectivity index (χ0v) is 7.72. The summed E-state index contributed by atoms with van der Waals surface area (Å²) in [5, 5.41) is 0. The van der Waals surface area contributed by atoms with Gasteiger partial charge in [0.2, 0.25) is 0 Å². The monoisotopic (exact) mass is 171 g/mol. The van der Waals surface area contributed by atoms with Crippen molar-refractivity contribution >= 4 is 0 Å².